The van der Waals surface area contributed by atoms with Crippen molar-refractivity contribution >= 4 is 7.60 Å². The van der Waals surface area contributed by atoms with E-state index in [2.05, 4.69) is 4.98 Å². The maximum atomic E-state index is 11.6. The zero-order valence-corrected chi connectivity index (χ0v) is 12.0. The smallest absolute Gasteiger partial charge is 0.330 e. The molecular formula is C11H17N2O7P. The highest BCUT2D eigenvalue weighted by Crippen LogP contribution is 2.37. The number of H-pyrrole nitrogens is 1. The molecule has 1 aromatic rings. The van der Waals surface area contributed by atoms with E-state index in [1.165, 1.54) is 16.8 Å². The first-order valence-electron chi connectivity index (χ1n) is 6.46. The molecule has 0 unspecified atom stereocenters. The summed E-state index contributed by atoms with van der Waals surface area (Å²) in [6.45, 7) is 0. The van der Waals surface area contributed by atoms with Crippen LogP contribution in [0, 0.1) is 0 Å². The number of aromatic amines is 1. The van der Waals surface area contributed by atoms with E-state index in [1.807, 2.05) is 0 Å². The number of nitrogens with one attached hydrogen (secondary N) is 1. The van der Waals surface area contributed by atoms with Crippen molar-refractivity contribution in [3.63, 3.8) is 0 Å². The molecule has 3 atom stereocenters. The second-order valence-electron chi connectivity index (χ2n) is 4.98. The highest BCUT2D eigenvalue weighted by molar-refractivity contribution is 7.51. The summed E-state index contributed by atoms with van der Waals surface area (Å²) in [5.74, 6) is 0. The van der Waals surface area contributed by atoms with Crippen LogP contribution in [0.5, 0.6) is 0 Å². The molecule has 10 heteroatoms. The number of nitrogens with zero attached hydrogens (tertiary/aromatic N) is 1. The fourth-order valence-corrected chi connectivity index (χ4v) is 2.89. The van der Waals surface area contributed by atoms with Gasteiger partial charge in [-0.2, -0.15) is 0 Å². The van der Waals surface area contributed by atoms with Crippen LogP contribution >= 0.6 is 7.60 Å². The van der Waals surface area contributed by atoms with Crippen molar-refractivity contribution in [3.05, 3.63) is 33.1 Å². The Morgan fingerprint density at radius 1 is 1.43 bits per heavy atom. The molecule has 9 nitrogen and oxygen atoms in total. The molecule has 2 rings (SSSR count). The lowest BCUT2D eigenvalue weighted by Gasteiger charge is -2.16. The minimum Gasteiger partial charge on any atom is -0.390 e. The molecule has 0 aromatic carbocycles. The molecule has 0 spiro atoms. The summed E-state index contributed by atoms with van der Waals surface area (Å²) in [7, 11) is -4.06. The van der Waals surface area contributed by atoms with E-state index in [-0.39, 0.29) is 25.4 Å². The average molecular weight is 320 g/mol. The SMILES string of the molecule is O=c1ccn([C@H]2C[C@H](O)[C@@H](CCCP(=O)(O)O)O2)c(=O)[nH]1. The Labute approximate surface area is 119 Å². The zero-order valence-electron chi connectivity index (χ0n) is 11.1. The molecule has 21 heavy (non-hydrogen) atoms. The first kappa shape index (κ1) is 16.1. The third-order valence-corrected chi connectivity index (χ3v) is 4.20. The summed E-state index contributed by atoms with van der Waals surface area (Å²) >= 11 is 0. The zero-order chi connectivity index (χ0) is 15.6. The number of rotatable bonds is 5. The summed E-state index contributed by atoms with van der Waals surface area (Å²) in [5.41, 5.74) is -1.15. The van der Waals surface area contributed by atoms with Crippen molar-refractivity contribution in [2.24, 2.45) is 0 Å². The van der Waals surface area contributed by atoms with Gasteiger partial charge in [-0.3, -0.25) is 18.9 Å². The average Bonchev–Trinajstić information content (AvgIpc) is 2.69. The largest absolute Gasteiger partial charge is 0.390 e. The molecule has 0 amide bonds. The minimum atomic E-state index is -4.06. The standard InChI is InChI=1S/C11H17N2O7P/c14-7-6-10(13-4-3-9(15)12-11(13)16)20-8(7)2-1-5-21(17,18)19/h3-4,7-8,10,14H,1-2,5-6H2,(H,12,15,16)(H2,17,18,19)/t7-,8+,10+/m0/s1. The number of aliphatic hydroxyl groups is 1. The van der Waals surface area contributed by atoms with Gasteiger partial charge in [0.2, 0.25) is 0 Å². The van der Waals surface area contributed by atoms with Crippen LogP contribution in [0.3, 0.4) is 0 Å². The molecule has 0 radical (unpaired) electrons. The Morgan fingerprint density at radius 2 is 2.14 bits per heavy atom. The number of aromatic nitrogens is 2. The van der Waals surface area contributed by atoms with Gasteiger partial charge in [0.15, 0.2) is 0 Å². The lowest BCUT2D eigenvalue weighted by atomic mass is 10.1. The van der Waals surface area contributed by atoms with Crippen molar-refractivity contribution in [2.75, 3.05) is 6.16 Å². The highest BCUT2D eigenvalue weighted by Gasteiger charge is 2.35. The van der Waals surface area contributed by atoms with Gasteiger partial charge in [0.05, 0.1) is 12.2 Å². The summed E-state index contributed by atoms with van der Waals surface area (Å²) in [4.78, 5) is 42.3. The Hall–Kier alpha value is -1.25. The van der Waals surface area contributed by atoms with E-state index in [1.54, 1.807) is 0 Å². The van der Waals surface area contributed by atoms with Crippen molar-refractivity contribution in [2.45, 2.75) is 37.7 Å². The molecule has 1 fully saturated rings. The van der Waals surface area contributed by atoms with Crippen LogP contribution in [0.15, 0.2) is 21.9 Å². The van der Waals surface area contributed by atoms with Crippen LogP contribution in [0.1, 0.15) is 25.5 Å². The second-order valence-corrected chi connectivity index (χ2v) is 6.76. The quantitative estimate of drug-likeness (QED) is 0.517. The first-order valence-corrected chi connectivity index (χ1v) is 8.25. The van der Waals surface area contributed by atoms with Crippen molar-refractivity contribution in [1.29, 1.82) is 0 Å². The van der Waals surface area contributed by atoms with Crippen LogP contribution in [0.4, 0.5) is 0 Å². The van der Waals surface area contributed by atoms with Gasteiger partial charge in [-0.05, 0) is 12.8 Å². The maximum Gasteiger partial charge on any atom is 0.330 e. The topological polar surface area (TPSA) is 142 Å². The Bertz CT molecular complexity index is 648. The first-order chi connectivity index (χ1) is 9.76. The molecule has 118 valence electrons. The van der Waals surface area contributed by atoms with Crippen molar-refractivity contribution < 1.29 is 24.2 Å². The van der Waals surface area contributed by atoms with Crippen LogP contribution in [-0.4, -0.2) is 42.8 Å². The number of ether oxygens (including phenoxy) is 1. The van der Waals surface area contributed by atoms with E-state index in [9.17, 15) is 19.3 Å². The van der Waals surface area contributed by atoms with E-state index >= 15 is 0 Å². The Morgan fingerprint density at radius 3 is 2.76 bits per heavy atom. The normalized spacial score (nSPS) is 26.1. The molecule has 1 aromatic heterocycles. The summed E-state index contributed by atoms with van der Waals surface area (Å²) < 4.78 is 17.5. The number of hydrogen-bond acceptors (Lipinski definition) is 5. The monoisotopic (exact) mass is 320 g/mol. The Balaban J connectivity index is 1.99. The molecule has 0 saturated carbocycles. The van der Waals surface area contributed by atoms with Gasteiger partial charge >= 0.3 is 13.3 Å². The van der Waals surface area contributed by atoms with Crippen molar-refractivity contribution in [1.82, 2.24) is 9.55 Å². The van der Waals surface area contributed by atoms with Crippen LogP contribution < -0.4 is 11.2 Å². The maximum absolute atomic E-state index is 11.6. The predicted octanol–water partition coefficient (Wildman–Crippen LogP) is -0.857. The second kappa shape index (κ2) is 6.25. The molecule has 0 aliphatic carbocycles. The fourth-order valence-electron chi connectivity index (χ4n) is 2.30. The minimum absolute atomic E-state index is 0.173. The Kier molecular flexibility index (Phi) is 4.80. The molecule has 2 heterocycles. The van der Waals surface area contributed by atoms with Crippen LogP contribution in [-0.2, 0) is 9.30 Å². The molecule has 1 aliphatic heterocycles. The molecular weight excluding hydrogens is 303 g/mol. The molecule has 1 saturated heterocycles. The van der Waals surface area contributed by atoms with Gasteiger partial charge in [-0.15, -0.1) is 0 Å². The molecule has 1 aliphatic rings. The van der Waals surface area contributed by atoms with Gasteiger partial charge in [-0.1, -0.05) is 0 Å². The number of hydrogen-bond donors (Lipinski definition) is 4. The van der Waals surface area contributed by atoms with Gasteiger partial charge in [0, 0.05) is 24.8 Å². The lowest BCUT2D eigenvalue weighted by molar-refractivity contribution is -0.0244. The summed E-state index contributed by atoms with van der Waals surface area (Å²) in [5, 5.41) is 9.89. The number of aliphatic hydroxyl groups excluding tert-OH is 1. The van der Waals surface area contributed by atoms with E-state index in [0.29, 0.717) is 0 Å². The fraction of sp³-hybridized carbons (Fsp3) is 0.636. The van der Waals surface area contributed by atoms with Gasteiger partial charge in [-0.25, -0.2) is 4.79 Å². The van der Waals surface area contributed by atoms with Gasteiger partial charge < -0.3 is 19.6 Å². The lowest BCUT2D eigenvalue weighted by Crippen LogP contribution is -2.31. The third-order valence-electron chi connectivity index (χ3n) is 3.30. The van der Waals surface area contributed by atoms with Gasteiger partial charge in [0.25, 0.3) is 5.56 Å². The van der Waals surface area contributed by atoms with Crippen LogP contribution in [0.2, 0.25) is 0 Å². The molecule has 4 N–H and O–H groups in total. The van der Waals surface area contributed by atoms with Crippen molar-refractivity contribution in [3.8, 4) is 0 Å². The van der Waals surface area contributed by atoms with Crippen LogP contribution in [0.25, 0.3) is 0 Å². The van der Waals surface area contributed by atoms with E-state index in [4.69, 9.17) is 14.5 Å². The predicted molar refractivity (Wildman–Crippen MR) is 72.0 cm³/mol. The highest BCUT2D eigenvalue weighted by atomic mass is 31.2. The summed E-state index contributed by atoms with van der Waals surface area (Å²) in [6.07, 6.45) is -0.457. The van der Waals surface area contributed by atoms with E-state index < -0.39 is 37.3 Å². The van der Waals surface area contributed by atoms with E-state index in [0.717, 1.165) is 0 Å². The summed E-state index contributed by atoms with van der Waals surface area (Å²) in [6, 6.07) is 1.18. The molecule has 0 bridgehead atoms. The third kappa shape index (κ3) is 4.36. The van der Waals surface area contributed by atoms with Gasteiger partial charge in [0.1, 0.15) is 6.23 Å².